The maximum absolute atomic E-state index is 13.6. The third-order valence-corrected chi connectivity index (χ3v) is 4.75. The van der Waals surface area contributed by atoms with Gasteiger partial charge in [0.1, 0.15) is 0 Å². The summed E-state index contributed by atoms with van der Waals surface area (Å²) in [5.74, 6) is -1.59. The minimum absolute atomic E-state index is 0.158. The number of halogens is 3. The quantitative estimate of drug-likeness (QED) is 0.653. The van der Waals surface area contributed by atoms with Gasteiger partial charge in [-0.3, -0.25) is 4.79 Å². The molecule has 0 amide bonds. The number of hydrogen-bond donors (Lipinski definition) is 0. The molecule has 0 radical (unpaired) electrons. The molecule has 22 heavy (non-hydrogen) atoms. The molecule has 0 N–H and O–H groups in total. The molecule has 0 atom stereocenters. The highest BCUT2D eigenvalue weighted by Gasteiger charge is 2.11. The predicted molar refractivity (Wildman–Crippen MR) is 85.4 cm³/mol. The van der Waals surface area contributed by atoms with Crippen LogP contribution in [0.5, 0.6) is 0 Å². The first kappa shape index (κ1) is 15.1. The second-order valence-electron chi connectivity index (χ2n) is 4.65. The van der Waals surface area contributed by atoms with Crippen LogP contribution in [0.1, 0.15) is 5.56 Å². The minimum Gasteiger partial charge on any atom is -0.289 e. The van der Waals surface area contributed by atoms with Gasteiger partial charge < -0.3 is 0 Å². The van der Waals surface area contributed by atoms with Gasteiger partial charge in [0.2, 0.25) is 0 Å². The van der Waals surface area contributed by atoms with Crippen LogP contribution in [-0.2, 0) is 5.75 Å². The summed E-state index contributed by atoms with van der Waals surface area (Å²) in [6.45, 7) is 0. The van der Waals surface area contributed by atoms with Crippen LogP contribution in [-0.4, -0.2) is 4.09 Å². The molecule has 2 aromatic carbocycles. The maximum Gasteiger partial charge on any atom is 0.190 e. The average molecular weight is 338 g/mol. The molecule has 0 fully saturated rings. The fraction of sp³-hybridized carbons (Fsp3) is 0.0625. The van der Waals surface area contributed by atoms with Crippen LogP contribution < -0.4 is 5.43 Å². The Hall–Kier alpha value is -1.85. The van der Waals surface area contributed by atoms with E-state index >= 15 is 0 Å². The molecule has 112 valence electrons. The van der Waals surface area contributed by atoms with Gasteiger partial charge in [0.15, 0.2) is 17.1 Å². The van der Waals surface area contributed by atoms with Crippen molar-refractivity contribution in [1.82, 2.24) is 4.09 Å². The summed E-state index contributed by atoms with van der Waals surface area (Å²) in [6.07, 6.45) is 0. The molecule has 3 aromatic rings. The topological polar surface area (TPSA) is 22.0 Å². The Balaban J connectivity index is 1.96. The molecule has 3 rings (SSSR count). The molecule has 0 spiro atoms. The van der Waals surface area contributed by atoms with E-state index in [0.29, 0.717) is 15.9 Å². The zero-order valence-corrected chi connectivity index (χ0v) is 12.8. The SMILES string of the molecule is O=c1cc(SCc2cccc(F)c2F)n(Cl)c2ccccc12. The number of rotatable bonds is 3. The molecule has 0 unspecified atom stereocenters. The van der Waals surface area contributed by atoms with Gasteiger partial charge in [-0.2, -0.15) is 0 Å². The molecule has 1 aromatic heterocycles. The lowest BCUT2D eigenvalue weighted by atomic mass is 10.2. The normalized spacial score (nSPS) is 11.0. The molecule has 0 aliphatic carbocycles. The Labute approximate surface area is 134 Å². The van der Waals surface area contributed by atoms with Crippen LogP contribution in [0, 0.1) is 11.6 Å². The lowest BCUT2D eigenvalue weighted by Gasteiger charge is -2.10. The number of thioether (sulfide) groups is 1. The first-order valence-corrected chi connectivity index (χ1v) is 7.77. The summed E-state index contributed by atoms with van der Waals surface area (Å²) in [4.78, 5) is 12.1. The van der Waals surface area contributed by atoms with Crippen molar-refractivity contribution in [2.45, 2.75) is 10.8 Å². The van der Waals surface area contributed by atoms with E-state index in [4.69, 9.17) is 11.8 Å². The Morgan fingerprint density at radius 2 is 1.86 bits per heavy atom. The largest absolute Gasteiger partial charge is 0.289 e. The molecule has 0 saturated carbocycles. The predicted octanol–water partition coefficient (Wildman–Crippen LogP) is 4.57. The lowest BCUT2D eigenvalue weighted by Crippen LogP contribution is -2.06. The molecule has 1 heterocycles. The van der Waals surface area contributed by atoms with Gasteiger partial charge in [-0.1, -0.05) is 24.3 Å². The summed E-state index contributed by atoms with van der Waals surface area (Å²) in [5.41, 5.74) is 0.649. The molecular formula is C16H10ClF2NOS. The van der Waals surface area contributed by atoms with Gasteiger partial charge in [-0.15, -0.1) is 11.8 Å². The van der Waals surface area contributed by atoms with Gasteiger partial charge in [-0.05, 0) is 18.2 Å². The van der Waals surface area contributed by atoms with E-state index in [9.17, 15) is 13.6 Å². The number of para-hydroxylation sites is 1. The number of hydrogen-bond acceptors (Lipinski definition) is 2. The van der Waals surface area contributed by atoms with Gasteiger partial charge in [-0.25, -0.2) is 12.9 Å². The minimum atomic E-state index is -0.889. The molecular weight excluding hydrogens is 328 g/mol. The standard InChI is InChI=1S/C16H10ClF2NOS/c17-20-13-7-2-1-5-11(13)14(21)8-15(20)22-9-10-4-3-6-12(18)16(10)19/h1-8H,9H2. The van der Waals surface area contributed by atoms with Crippen LogP contribution in [0.25, 0.3) is 10.9 Å². The van der Waals surface area contributed by atoms with Crippen molar-refractivity contribution in [1.29, 1.82) is 0 Å². The average Bonchev–Trinajstić information content (AvgIpc) is 2.53. The Morgan fingerprint density at radius 3 is 2.68 bits per heavy atom. The van der Waals surface area contributed by atoms with Crippen molar-refractivity contribution in [3.63, 3.8) is 0 Å². The maximum atomic E-state index is 13.6. The summed E-state index contributed by atoms with van der Waals surface area (Å²) in [6, 6.07) is 12.4. The van der Waals surface area contributed by atoms with E-state index in [1.54, 1.807) is 24.3 Å². The number of pyridine rings is 1. The van der Waals surface area contributed by atoms with E-state index in [-0.39, 0.29) is 16.7 Å². The fourth-order valence-electron chi connectivity index (χ4n) is 2.13. The van der Waals surface area contributed by atoms with Crippen molar-refractivity contribution in [3.05, 3.63) is 76.0 Å². The fourth-order valence-corrected chi connectivity index (χ4v) is 3.40. The monoisotopic (exact) mass is 337 g/mol. The van der Waals surface area contributed by atoms with Crippen LogP contribution in [0.4, 0.5) is 8.78 Å². The van der Waals surface area contributed by atoms with Gasteiger partial charge >= 0.3 is 0 Å². The lowest BCUT2D eigenvalue weighted by molar-refractivity contribution is 0.502. The van der Waals surface area contributed by atoms with E-state index in [0.717, 1.165) is 6.07 Å². The van der Waals surface area contributed by atoms with Crippen LogP contribution >= 0.6 is 23.5 Å². The Morgan fingerprint density at radius 1 is 1.09 bits per heavy atom. The first-order valence-electron chi connectivity index (χ1n) is 6.44. The van der Waals surface area contributed by atoms with Crippen molar-refractivity contribution in [2.24, 2.45) is 0 Å². The van der Waals surface area contributed by atoms with E-state index < -0.39 is 11.6 Å². The Kier molecular flexibility index (Phi) is 4.18. The van der Waals surface area contributed by atoms with Crippen molar-refractivity contribution in [3.8, 4) is 0 Å². The highest BCUT2D eigenvalue weighted by molar-refractivity contribution is 7.98. The molecule has 6 heteroatoms. The molecule has 0 aliphatic rings. The highest BCUT2D eigenvalue weighted by atomic mass is 35.5. The highest BCUT2D eigenvalue weighted by Crippen LogP contribution is 2.27. The third kappa shape index (κ3) is 2.74. The van der Waals surface area contributed by atoms with E-state index in [2.05, 4.69) is 0 Å². The first-order chi connectivity index (χ1) is 10.6. The number of benzene rings is 2. The number of nitrogens with zero attached hydrogens (tertiary/aromatic N) is 1. The molecule has 2 nitrogen and oxygen atoms in total. The van der Waals surface area contributed by atoms with Crippen molar-refractivity contribution >= 4 is 34.4 Å². The zero-order valence-electron chi connectivity index (χ0n) is 11.2. The Bertz CT molecular complexity index is 910. The summed E-state index contributed by atoms with van der Waals surface area (Å²) in [7, 11) is 0. The smallest absolute Gasteiger partial charge is 0.190 e. The second kappa shape index (κ2) is 6.10. The third-order valence-electron chi connectivity index (χ3n) is 3.24. The number of aromatic nitrogens is 1. The molecule has 0 aliphatic heterocycles. The van der Waals surface area contributed by atoms with Gasteiger partial charge in [0.05, 0.1) is 10.5 Å². The van der Waals surface area contributed by atoms with E-state index in [1.807, 2.05) is 0 Å². The van der Waals surface area contributed by atoms with Crippen molar-refractivity contribution in [2.75, 3.05) is 0 Å². The second-order valence-corrected chi connectivity index (χ2v) is 5.98. The van der Waals surface area contributed by atoms with Crippen molar-refractivity contribution < 1.29 is 8.78 Å². The van der Waals surface area contributed by atoms with E-state index in [1.165, 1.54) is 34.0 Å². The van der Waals surface area contributed by atoms with Crippen LogP contribution in [0.15, 0.2) is 58.4 Å². The zero-order chi connectivity index (χ0) is 15.7. The van der Waals surface area contributed by atoms with Crippen LogP contribution in [0.2, 0.25) is 0 Å². The van der Waals surface area contributed by atoms with Gasteiger partial charge in [0.25, 0.3) is 0 Å². The summed E-state index contributed by atoms with van der Waals surface area (Å²) < 4.78 is 28.2. The number of fused-ring (bicyclic) bond motifs is 1. The summed E-state index contributed by atoms with van der Waals surface area (Å²) in [5, 5.41) is 0.993. The summed E-state index contributed by atoms with van der Waals surface area (Å²) >= 11 is 7.42. The molecule has 0 saturated heterocycles. The molecule has 0 bridgehead atoms. The van der Waals surface area contributed by atoms with Gasteiger partial charge in [0, 0.05) is 34.5 Å². The van der Waals surface area contributed by atoms with Crippen LogP contribution in [0.3, 0.4) is 0 Å².